The number of carbonyl (C=O) groups excluding carboxylic acids is 1. The van der Waals surface area contributed by atoms with Crippen molar-refractivity contribution in [2.24, 2.45) is 0 Å². The number of anilines is 3. The van der Waals surface area contributed by atoms with Gasteiger partial charge in [-0.2, -0.15) is 0 Å². The summed E-state index contributed by atoms with van der Waals surface area (Å²) < 4.78 is 0. The second-order valence-corrected chi connectivity index (χ2v) is 11.4. The van der Waals surface area contributed by atoms with Crippen molar-refractivity contribution in [3.63, 3.8) is 0 Å². The van der Waals surface area contributed by atoms with Crippen molar-refractivity contribution in [1.82, 2.24) is 15.2 Å². The molecule has 0 atom stereocenters. The Hall–Kier alpha value is -3.00. The van der Waals surface area contributed by atoms with Gasteiger partial charge in [0.15, 0.2) is 0 Å². The van der Waals surface area contributed by atoms with Crippen LogP contribution in [-0.4, -0.2) is 42.1 Å². The molecule has 0 unspecified atom stereocenters. The van der Waals surface area contributed by atoms with Crippen LogP contribution >= 0.6 is 46.4 Å². The van der Waals surface area contributed by atoms with E-state index in [0.717, 1.165) is 59.9 Å². The van der Waals surface area contributed by atoms with E-state index in [0.29, 0.717) is 38.9 Å². The molecule has 1 fully saturated rings. The van der Waals surface area contributed by atoms with Gasteiger partial charge in [0.25, 0.3) is 0 Å². The maximum Gasteiger partial charge on any atom is 0.326 e. The number of hydrogen-bond acceptors (Lipinski definition) is 4. The SMILES string of the molecule is O=C1NCc2c(-c3ccccc3Cl)cc(CN3CCN(c4ccc(Cl)cn4)CC3)cc2N1c1c(Cl)cccc1Cl. The van der Waals surface area contributed by atoms with Crippen molar-refractivity contribution in [2.75, 3.05) is 36.0 Å². The van der Waals surface area contributed by atoms with Crippen LogP contribution in [0.5, 0.6) is 0 Å². The molecule has 6 nitrogen and oxygen atoms in total. The third-order valence-electron chi connectivity index (χ3n) is 7.29. The molecule has 2 amide bonds. The number of rotatable bonds is 5. The lowest BCUT2D eigenvalue weighted by atomic mass is 9.93. The summed E-state index contributed by atoms with van der Waals surface area (Å²) >= 11 is 25.9. The van der Waals surface area contributed by atoms with Crippen molar-refractivity contribution in [2.45, 2.75) is 13.1 Å². The van der Waals surface area contributed by atoms with Crippen LogP contribution in [0.3, 0.4) is 0 Å². The highest BCUT2D eigenvalue weighted by atomic mass is 35.5. The summed E-state index contributed by atoms with van der Waals surface area (Å²) in [5, 5.41) is 5.06. The van der Waals surface area contributed by atoms with Crippen LogP contribution in [0.15, 0.2) is 72.9 Å². The van der Waals surface area contributed by atoms with Gasteiger partial charge in [-0.25, -0.2) is 9.78 Å². The van der Waals surface area contributed by atoms with Crippen molar-refractivity contribution >= 4 is 69.6 Å². The van der Waals surface area contributed by atoms with Gasteiger partial charge in [-0.05, 0) is 53.6 Å². The smallest absolute Gasteiger partial charge is 0.326 e. The zero-order valence-corrected chi connectivity index (χ0v) is 24.4. The number of nitrogens with zero attached hydrogens (tertiary/aromatic N) is 4. The average Bonchev–Trinajstić information content (AvgIpc) is 2.95. The molecule has 40 heavy (non-hydrogen) atoms. The normalized spacial score (nSPS) is 15.7. The zero-order chi connectivity index (χ0) is 27.8. The number of hydrogen-bond donors (Lipinski definition) is 1. The third kappa shape index (κ3) is 5.35. The van der Waals surface area contributed by atoms with Crippen LogP contribution in [0.4, 0.5) is 22.0 Å². The van der Waals surface area contributed by atoms with Gasteiger partial charge in [-0.3, -0.25) is 9.80 Å². The van der Waals surface area contributed by atoms with Gasteiger partial charge in [-0.1, -0.05) is 70.7 Å². The summed E-state index contributed by atoms with van der Waals surface area (Å²) in [4.78, 5) is 24.0. The minimum absolute atomic E-state index is 0.283. The molecule has 1 N–H and O–H groups in total. The summed E-state index contributed by atoms with van der Waals surface area (Å²) in [7, 11) is 0. The van der Waals surface area contributed by atoms with E-state index in [2.05, 4.69) is 32.2 Å². The molecular formula is C30H25Cl4N5O. The predicted molar refractivity (Wildman–Crippen MR) is 164 cm³/mol. The second kappa shape index (κ2) is 11.5. The number of carbonyl (C=O) groups is 1. The van der Waals surface area contributed by atoms with Crippen molar-refractivity contribution in [3.05, 3.63) is 104 Å². The minimum Gasteiger partial charge on any atom is -0.354 e. The van der Waals surface area contributed by atoms with Crippen LogP contribution in [0.25, 0.3) is 11.1 Å². The molecule has 1 saturated heterocycles. The van der Waals surface area contributed by atoms with Crippen LogP contribution in [0.2, 0.25) is 20.1 Å². The number of aromatic nitrogens is 1. The van der Waals surface area contributed by atoms with Crippen molar-refractivity contribution in [3.8, 4) is 11.1 Å². The van der Waals surface area contributed by atoms with Crippen LogP contribution in [0, 0.1) is 0 Å². The number of fused-ring (bicyclic) bond motifs is 1. The molecular weight excluding hydrogens is 588 g/mol. The number of amides is 2. The summed E-state index contributed by atoms with van der Waals surface area (Å²) in [6.07, 6.45) is 1.68. The molecule has 3 heterocycles. The molecule has 0 spiro atoms. The molecule has 4 aromatic rings. The van der Waals surface area contributed by atoms with Crippen molar-refractivity contribution in [1.29, 1.82) is 0 Å². The summed E-state index contributed by atoms with van der Waals surface area (Å²) in [5.74, 6) is 0.928. The fraction of sp³-hybridized carbons (Fsp3) is 0.200. The molecule has 0 aliphatic carbocycles. The van der Waals surface area contributed by atoms with E-state index in [9.17, 15) is 4.79 Å². The lowest BCUT2D eigenvalue weighted by molar-refractivity contribution is 0.246. The van der Waals surface area contributed by atoms with Gasteiger partial charge in [0.05, 0.1) is 26.4 Å². The number of halogens is 4. The average molecular weight is 613 g/mol. The summed E-state index contributed by atoms with van der Waals surface area (Å²) in [6.45, 7) is 4.49. The highest BCUT2D eigenvalue weighted by molar-refractivity contribution is 6.40. The molecule has 1 aromatic heterocycles. The number of benzene rings is 3. The molecule has 10 heteroatoms. The molecule has 0 radical (unpaired) electrons. The Bertz CT molecular complexity index is 1550. The maximum absolute atomic E-state index is 13.3. The van der Waals surface area contributed by atoms with Crippen LogP contribution in [-0.2, 0) is 13.1 Å². The lowest BCUT2D eigenvalue weighted by Gasteiger charge is -2.36. The molecule has 0 bridgehead atoms. The number of para-hydroxylation sites is 1. The Morgan fingerprint density at radius 3 is 2.23 bits per heavy atom. The van der Waals surface area contributed by atoms with Crippen molar-refractivity contribution < 1.29 is 4.79 Å². The predicted octanol–water partition coefficient (Wildman–Crippen LogP) is 8.05. The first-order valence-electron chi connectivity index (χ1n) is 12.9. The number of pyridine rings is 1. The number of piperazine rings is 1. The standard InChI is InChI=1S/C30H25Cl4N5O/c31-20-8-9-28(35-16-20)38-12-10-37(11-13-38)18-19-14-22(21-4-1-2-5-24(21)32)23-17-36-30(40)39(27(23)15-19)29-25(33)6-3-7-26(29)34/h1-9,14-16H,10-13,17-18H2,(H,36,40). The Balaban J connectivity index is 1.37. The molecule has 2 aliphatic rings. The Kier molecular flexibility index (Phi) is 7.80. The first-order valence-corrected chi connectivity index (χ1v) is 14.4. The van der Waals surface area contributed by atoms with Crippen LogP contribution in [0.1, 0.15) is 11.1 Å². The topological polar surface area (TPSA) is 51.7 Å². The molecule has 6 rings (SSSR count). The van der Waals surface area contributed by atoms with Gasteiger partial charge in [-0.15, -0.1) is 0 Å². The summed E-state index contributed by atoms with van der Waals surface area (Å²) in [5.41, 5.74) is 5.09. The van der Waals surface area contributed by atoms with Gasteiger partial charge in [0, 0.05) is 61.6 Å². The zero-order valence-electron chi connectivity index (χ0n) is 21.4. The largest absolute Gasteiger partial charge is 0.354 e. The lowest BCUT2D eigenvalue weighted by Crippen LogP contribution is -2.46. The van der Waals surface area contributed by atoms with Gasteiger partial charge in [0.1, 0.15) is 5.82 Å². The van der Waals surface area contributed by atoms with E-state index in [1.54, 1.807) is 29.3 Å². The Labute approximate surface area is 253 Å². The minimum atomic E-state index is -0.283. The highest BCUT2D eigenvalue weighted by Gasteiger charge is 2.31. The van der Waals surface area contributed by atoms with E-state index in [-0.39, 0.29) is 6.03 Å². The second-order valence-electron chi connectivity index (χ2n) is 9.78. The first-order chi connectivity index (χ1) is 19.4. The van der Waals surface area contributed by atoms with Gasteiger partial charge < -0.3 is 10.2 Å². The number of urea groups is 1. The quantitative estimate of drug-likeness (QED) is 0.248. The van der Waals surface area contributed by atoms with E-state index >= 15 is 0 Å². The molecule has 204 valence electrons. The monoisotopic (exact) mass is 611 g/mol. The van der Waals surface area contributed by atoms with E-state index in [1.807, 2.05) is 36.4 Å². The number of nitrogens with one attached hydrogen (secondary N) is 1. The van der Waals surface area contributed by atoms with E-state index in [1.165, 1.54) is 0 Å². The van der Waals surface area contributed by atoms with Crippen LogP contribution < -0.4 is 15.1 Å². The Morgan fingerprint density at radius 1 is 0.800 bits per heavy atom. The molecule has 3 aromatic carbocycles. The maximum atomic E-state index is 13.3. The third-order valence-corrected chi connectivity index (χ3v) is 8.45. The molecule has 0 saturated carbocycles. The van der Waals surface area contributed by atoms with E-state index < -0.39 is 0 Å². The van der Waals surface area contributed by atoms with E-state index in [4.69, 9.17) is 46.4 Å². The van der Waals surface area contributed by atoms with Gasteiger partial charge >= 0.3 is 6.03 Å². The van der Waals surface area contributed by atoms with Gasteiger partial charge in [0.2, 0.25) is 0 Å². The Morgan fingerprint density at radius 2 is 1.52 bits per heavy atom. The fourth-order valence-corrected chi connectivity index (χ4v) is 6.25. The molecule has 2 aliphatic heterocycles. The summed E-state index contributed by atoms with van der Waals surface area (Å²) in [6, 6.07) is 20.8. The fourth-order valence-electron chi connectivity index (χ4n) is 5.34. The highest BCUT2D eigenvalue weighted by Crippen LogP contribution is 2.44. The first kappa shape index (κ1) is 27.2.